The number of aliphatic hydroxyl groups excluding tert-OH is 1. The summed E-state index contributed by atoms with van der Waals surface area (Å²) in [5, 5.41) is 9.00. The van der Waals surface area contributed by atoms with Gasteiger partial charge in [-0.3, -0.25) is 14.4 Å². The van der Waals surface area contributed by atoms with E-state index in [0.29, 0.717) is 0 Å². The summed E-state index contributed by atoms with van der Waals surface area (Å²) in [6, 6.07) is 23.0. The van der Waals surface area contributed by atoms with Gasteiger partial charge in [0.1, 0.15) is 11.6 Å². The first kappa shape index (κ1) is 31.6. The molecule has 0 heterocycles. The smallest absolute Gasteiger partial charge is 0.150 e. The summed E-state index contributed by atoms with van der Waals surface area (Å²) in [5.41, 5.74) is 12.1. The Bertz CT molecular complexity index is 1070. The van der Waals surface area contributed by atoms with Crippen LogP contribution in [0.3, 0.4) is 0 Å². The fourth-order valence-corrected chi connectivity index (χ4v) is 3.37. The van der Waals surface area contributed by atoms with E-state index in [1.54, 1.807) is 6.92 Å². The second kappa shape index (κ2) is 15.6. The first-order valence-electron chi connectivity index (χ1n) is 12.4. The van der Waals surface area contributed by atoms with Crippen LogP contribution in [0.2, 0.25) is 0 Å². The molecule has 5 heteroatoms. The second-order valence-corrected chi connectivity index (χ2v) is 9.50. The number of rotatable bonds is 7. The number of aliphatic hydroxyl groups is 1. The maximum atomic E-state index is 11.1. The van der Waals surface area contributed by atoms with Gasteiger partial charge >= 0.3 is 0 Å². The third-order valence-corrected chi connectivity index (χ3v) is 6.21. The number of carbonyl (C=O) groups is 3. The minimum Gasteiger partial charge on any atom is -0.395 e. The van der Waals surface area contributed by atoms with Crippen LogP contribution in [-0.4, -0.2) is 29.1 Å². The predicted octanol–water partition coefficient (Wildman–Crippen LogP) is 5.93. The van der Waals surface area contributed by atoms with E-state index in [4.69, 9.17) is 10.8 Å². The Kier molecular flexibility index (Phi) is 13.4. The van der Waals surface area contributed by atoms with Gasteiger partial charge in [0.25, 0.3) is 0 Å². The molecule has 198 valence electrons. The van der Waals surface area contributed by atoms with Crippen LogP contribution in [0.5, 0.6) is 0 Å². The molecule has 0 fully saturated rings. The first-order valence-corrected chi connectivity index (χ1v) is 12.4. The van der Waals surface area contributed by atoms with E-state index in [2.05, 4.69) is 0 Å². The number of hydrogen-bond acceptors (Lipinski definition) is 5. The van der Waals surface area contributed by atoms with E-state index in [0.717, 1.165) is 22.3 Å². The summed E-state index contributed by atoms with van der Waals surface area (Å²) in [6.07, 6.45) is 0. The molecule has 3 N–H and O–H groups in total. The molecule has 0 spiro atoms. The van der Waals surface area contributed by atoms with E-state index >= 15 is 0 Å². The van der Waals surface area contributed by atoms with Crippen LogP contribution in [-0.2, 0) is 14.4 Å². The highest BCUT2D eigenvalue weighted by Crippen LogP contribution is 2.17. The molecule has 0 radical (unpaired) electrons. The summed E-state index contributed by atoms with van der Waals surface area (Å²) < 4.78 is 0. The van der Waals surface area contributed by atoms with E-state index in [9.17, 15) is 14.4 Å². The quantitative estimate of drug-likeness (QED) is 0.416. The zero-order chi connectivity index (χ0) is 28.1. The standard InChI is InChI=1S/C11H14O2.C11H14O.C10H13NO/c1-8-3-5-10(6-4-8)11(7-12)9(2)13;1-8-4-6-11(7-5-8)9(2)10(3)12;1-7-3-5-9(6-4-7)10(11)8(2)12/h3-6,11-12H,7H2,1-2H3;4-7,9H,1-3H3;3-6,10H,11H2,1-2H3/t11-;9-;10-/m000/s1. The van der Waals surface area contributed by atoms with E-state index in [1.807, 2.05) is 100 Å². The molecule has 3 atom stereocenters. The van der Waals surface area contributed by atoms with Crippen LogP contribution < -0.4 is 5.73 Å². The first-order chi connectivity index (χ1) is 17.4. The van der Waals surface area contributed by atoms with Gasteiger partial charge < -0.3 is 10.8 Å². The normalized spacial score (nSPS) is 12.6. The number of aryl methyl sites for hydroxylation is 3. The monoisotopic (exact) mass is 503 g/mol. The highest BCUT2D eigenvalue weighted by molar-refractivity contribution is 5.84. The summed E-state index contributed by atoms with van der Waals surface area (Å²) in [7, 11) is 0. The number of ketones is 3. The van der Waals surface area contributed by atoms with Crippen LogP contribution in [0, 0.1) is 20.8 Å². The minimum absolute atomic E-state index is 0.00106. The molecule has 0 bridgehead atoms. The summed E-state index contributed by atoms with van der Waals surface area (Å²) >= 11 is 0. The van der Waals surface area contributed by atoms with Gasteiger partial charge in [-0.2, -0.15) is 0 Å². The van der Waals surface area contributed by atoms with Crippen molar-refractivity contribution < 1.29 is 19.5 Å². The number of Topliss-reactive ketones (excluding diaryl/α,β-unsaturated/α-hetero) is 3. The highest BCUT2D eigenvalue weighted by atomic mass is 16.3. The molecule has 5 nitrogen and oxygen atoms in total. The van der Waals surface area contributed by atoms with Crippen molar-refractivity contribution in [2.45, 2.75) is 66.3 Å². The summed E-state index contributed by atoms with van der Waals surface area (Å²) in [4.78, 5) is 33.0. The molecule has 0 unspecified atom stereocenters. The molecule has 0 aromatic heterocycles. The Balaban J connectivity index is 0.000000278. The topological polar surface area (TPSA) is 97.5 Å². The van der Waals surface area contributed by atoms with Gasteiger partial charge in [0.05, 0.1) is 18.6 Å². The van der Waals surface area contributed by atoms with Crippen molar-refractivity contribution in [1.29, 1.82) is 0 Å². The number of nitrogens with two attached hydrogens (primary N) is 1. The molecule has 0 aliphatic heterocycles. The van der Waals surface area contributed by atoms with Gasteiger partial charge in [-0.15, -0.1) is 0 Å². The van der Waals surface area contributed by atoms with Crippen molar-refractivity contribution in [1.82, 2.24) is 0 Å². The average Bonchev–Trinajstić information content (AvgIpc) is 2.86. The van der Waals surface area contributed by atoms with E-state index in [-0.39, 0.29) is 35.8 Å². The molecular weight excluding hydrogens is 462 g/mol. The Hall–Kier alpha value is -3.41. The fourth-order valence-electron chi connectivity index (χ4n) is 3.37. The zero-order valence-corrected chi connectivity index (χ0v) is 23.1. The van der Waals surface area contributed by atoms with Crippen molar-refractivity contribution in [3.05, 3.63) is 106 Å². The number of hydrogen-bond donors (Lipinski definition) is 2. The lowest BCUT2D eigenvalue weighted by molar-refractivity contribution is -0.119. The lowest BCUT2D eigenvalue weighted by Crippen LogP contribution is -2.18. The summed E-state index contributed by atoms with van der Waals surface area (Å²) in [5.74, 6) is -0.102. The molecule has 37 heavy (non-hydrogen) atoms. The Morgan fingerprint density at radius 2 is 0.973 bits per heavy atom. The molecule has 3 aromatic carbocycles. The van der Waals surface area contributed by atoms with Crippen LogP contribution in [0.4, 0.5) is 0 Å². The number of benzene rings is 3. The molecule has 0 amide bonds. The lowest BCUT2D eigenvalue weighted by Gasteiger charge is -2.10. The van der Waals surface area contributed by atoms with Gasteiger partial charge in [-0.05, 0) is 58.2 Å². The van der Waals surface area contributed by atoms with Crippen LogP contribution in [0.25, 0.3) is 0 Å². The van der Waals surface area contributed by atoms with E-state index in [1.165, 1.54) is 25.0 Å². The van der Waals surface area contributed by atoms with Gasteiger partial charge in [-0.1, -0.05) is 96.4 Å². The molecule has 3 rings (SSSR count). The lowest BCUT2D eigenvalue weighted by atomic mass is 9.96. The number of carbonyl (C=O) groups excluding carboxylic acids is 3. The zero-order valence-electron chi connectivity index (χ0n) is 23.1. The molecule has 0 aliphatic carbocycles. The molecule has 3 aromatic rings. The largest absolute Gasteiger partial charge is 0.395 e. The predicted molar refractivity (Wildman–Crippen MR) is 151 cm³/mol. The molecule has 0 saturated heterocycles. The molecular formula is C32H41NO4. The van der Waals surface area contributed by atoms with Crippen molar-refractivity contribution in [3.8, 4) is 0 Å². The molecule has 0 aliphatic rings. The van der Waals surface area contributed by atoms with Crippen LogP contribution in [0.15, 0.2) is 72.8 Å². The Morgan fingerprint density at radius 1 is 0.622 bits per heavy atom. The van der Waals surface area contributed by atoms with Gasteiger partial charge in [0.15, 0.2) is 5.78 Å². The third kappa shape index (κ3) is 11.0. The van der Waals surface area contributed by atoms with Crippen molar-refractivity contribution in [2.24, 2.45) is 5.73 Å². The van der Waals surface area contributed by atoms with Crippen LogP contribution >= 0.6 is 0 Å². The fraction of sp³-hybridized carbons (Fsp3) is 0.344. The second-order valence-electron chi connectivity index (χ2n) is 9.50. The average molecular weight is 504 g/mol. The third-order valence-electron chi connectivity index (χ3n) is 6.21. The maximum absolute atomic E-state index is 11.1. The summed E-state index contributed by atoms with van der Waals surface area (Å²) in [6.45, 7) is 12.5. The van der Waals surface area contributed by atoms with Gasteiger partial charge in [0.2, 0.25) is 0 Å². The molecule has 0 saturated carbocycles. The Morgan fingerprint density at radius 3 is 1.27 bits per heavy atom. The maximum Gasteiger partial charge on any atom is 0.150 e. The van der Waals surface area contributed by atoms with Crippen molar-refractivity contribution in [2.75, 3.05) is 6.61 Å². The highest BCUT2D eigenvalue weighted by Gasteiger charge is 2.14. The minimum atomic E-state index is -0.467. The van der Waals surface area contributed by atoms with Gasteiger partial charge in [-0.25, -0.2) is 0 Å². The van der Waals surface area contributed by atoms with Crippen molar-refractivity contribution in [3.63, 3.8) is 0 Å². The van der Waals surface area contributed by atoms with Crippen LogP contribution in [0.1, 0.15) is 79.0 Å². The van der Waals surface area contributed by atoms with Gasteiger partial charge in [0, 0.05) is 5.92 Å². The van der Waals surface area contributed by atoms with E-state index < -0.39 is 6.04 Å². The Labute approximate surface area is 221 Å². The van der Waals surface area contributed by atoms with Crippen molar-refractivity contribution >= 4 is 17.3 Å². The SMILES string of the molecule is CC(=O)[C@H](C)c1ccc(C)cc1.CC(=O)[C@H](CO)c1ccc(C)cc1.CC(=O)[C@H](N)c1ccc(C)cc1.